The Bertz CT molecular complexity index is 753. The van der Waals surface area contributed by atoms with Crippen LogP contribution in [0.5, 0.6) is 0 Å². The van der Waals surface area contributed by atoms with Gasteiger partial charge in [-0.25, -0.2) is 4.79 Å². The van der Waals surface area contributed by atoms with E-state index in [1.165, 1.54) is 0 Å². The molecule has 1 aromatic rings. The number of carbonyl (C=O) groups is 4. The molecule has 1 fully saturated rings. The number of hydrogen-bond acceptors (Lipinski definition) is 5. The van der Waals surface area contributed by atoms with E-state index >= 15 is 0 Å². The minimum Gasteiger partial charge on any atom is -0.454 e. The summed E-state index contributed by atoms with van der Waals surface area (Å²) in [6.45, 7) is 4.86. The number of hydrogen-bond donors (Lipinski definition) is 2. The van der Waals surface area contributed by atoms with Crippen LogP contribution in [-0.4, -0.2) is 36.3 Å². The van der Waals surface area contributed by atoms with Crippen molar-refractivity contribution in [2.45, 2.75) is 58.9 Å². The van der Waals surface area contributed by atoms with Gasteiger partial charge >= 0.3 is 5.97 Å². The van der Waals surface area contributed by atoms with E-state index in [2.05, 4.69) is 10.6 Å². The molecule has 1 aliphatic carbocycles. The number of nitrogens with one attached hydrogen (secondary N) is 2. The zero-order chi connectivity index (χ0) is 21.4. The van der Waals surface area contributed by atoms with Gasteiger partial charge in [0.1, 0.15) is 6.04 Å². The van der Waals surface area contributed by atoms with E-state index in [1.54, 1.807) is 32.0 Å². The van der Waals surface area contributed by atoms with Crippen molar-refractivity contribution in [1.82, 2.24) is 10.6 Å². The Kier molecular flexibility index (Phi) is 8.36. The van der Waals surface area contributed by atoms with Gasteiger partial charge in [-0.2, -0.15) is 0 Å². The molecule has 0 radical (unpaired) electrons. The van der Waals surface area contributed by atoms with Gasteiger partial charge in [0.05, 0.1) is 0 Å². The van der Waals surface area contributed by atoms with Gasteiger partial charge in [0.15, 0.2) is 6.61 Å². The van der Waals surface area contributed by atoms with Crippen LogP contribution in [0.25, 0.3) is 0 Å². The van der Waals surface area contributed by atoms with Crippen LogP contribution in [0.2, 0.25) is 0 Å². The molecule has 0 aliphatic heterocycles. The van der Waals surface area contributed by atoms with Crippen LogP contribution in [0.1, 0.15) is 61.9 Å². The highest BCUT2D eigenvalue weighted by Gasteiger charge is 2.28. The summed E-state index contributed by atoms with van der Waals surface area (Å²) >= 11 is 0. The highest BCUT2D eigenvalue weighted by atomic mass is 16.5. The fraction of sp³-hybridized carbons (Fsp3) is 0.545. The Morgan fingerprint density at radius 3 is 2.41 bits per heavy atom. The van der Waals surface area contributed by atoms with Gasteiger partial charge in [0.2, 0.25) is 5.91 Å². The van der Waals surface area contributed by atoms with E-state index < -0.39 is 24.5 Å². The Morgan fingerprint density at radius 1 is 1.10 bits per heavy atom. The minimum absolute atomic E-state index is 0.152. The molecule has 29 heavy (non-hydrogen) atoms. The molecule has 1 aromatic carbocycles. The van der Waals surface area contributed by atoms with Gasteiger partial charge < -0.3 is 10.1 Å². The molecule has 1 atom stereocenters. The number of aryl methyl sites for hydroxylation is 1. The largest absolute Gasteiger partial charge is 0.454 e. The van der Waals surface area contributed by atoms with Crippen molar-refractivity contribution in [3.8, 4) is 0 Å². The number of imide groups is 1. The lowest BCUT2D eigenvalue weighted by Crippen LogP contribution is -2.46. The summed E-state index contributed by atoms with van der Waals surface area (Å²) in [5, 5.41) is 4.97. The normalized spacial score (nSPS) is 15.4. The van der Waals surface area contributed by atoms with Crippen molar-refractivity contribution >= 4 is 23.7 Å². The zero-order valence-electron chi connectivity index (χ0n) is 17.3. The van der Waals surface area contributed by atoms with Crippen LogP contribution in [0, 0.1) is 18.8 Å². The van der Waals surface area contributed by atoms with Crippen molar-refractivity contribution in [3.63, 3.8) is 0 Å². The summed E-state index contributed by atoms with van der Waals surface area (Å²) in [5.74, 6) is -2.44. The average molecular weight is 402 g/mol. The van der Waals surface area contributed by atoms with Gasteiger partial charge in [-0.3, -0.25) is 19.7 Å². The highest BCUT2D eigenvalue weighted by Crippen LogP contribution is 2.23. The first-order valence-corrected chi connectivity index (χ1v) is 10.2. The zero-order valence-corrected chi connectivity index (χ0v) is 17.3. The van der Waals surface area contributed by atoms with Crippen LogP contribution in [0.15, 0.2) is 24.3 Å². The molecule has 2 rings (SSSR count). The Balaban J connectivity index is 1.86. The van der Waals surface area contributed by atoms with Crippen molar-refractivity contribution in [2.24, 2.45) is 11.8 Å². The molecule has 1 unspecified atom stereocenters. The highest BCUT2D eigenvalue weighted by molar-refractivity contribution is 5.99. The summed E-state index contributed by atoms with van der Waals surface area (Å²) in [6.07, 6.45) is 4.63. The summed E-state index contributed by atoms with van der Waals surface area (Å²) in [7, 11) is 0. The lowest BCUT2D eigenvalue weighted by molar-refractivity contribution is -0.152. The van der Waals surface area contributed by atoms with Crippen LogP contribution in [0.3, 0.4) is 0 Å². The Hall–Kier alpha value is -2.70. The first-order chi connectivity index (χ1) is 13.8. The number of ether oxygens (including phenoxy) is 1. The average Bonchev–Trinajstić information content (AvgIpc) is 2.70. The molecule has 3 amide bonds. The van der Waals surface area contributed by atoms with E-state index in [1.807, 2.05) is 13.0 Å². The molecule has 0 bridgehead atoms. The lowest BCUT2D eigenvalue weighted by atomic mass is 9.89. The molecular weight excluding hydrogens is 372 g/mol. The summed E-state index contributed by atoms with van der Waals surface area (Å²) in [6, 6.07) is 6.13. The van der Waals surface area contributed by atoms with E-state index in [-0.39, 0.29) is 23.7 Å². The third-order valence-corrected chi connectivity index (χ3v) is 5.07. The maximum absolute atomic E-state index is 12.4. The number of esters is 1. The van der Waals surface area contributed by atoms with Crippen LogP contribution in [-0.2, 0) is 19.1 Å². The van der Waals surface area contributed by atoms with Crippen molar-refractivity contribution in [2.75, 3.05) is 6.61 Å². The van der Waals surface area contributed by atoms with Crippen LogP contribution < -0.4 is 10.6 Å². The lowest BCUT2D eigenvalue weighted by Gasteiger charge is -2.22. The molecule has 2 N–H and O–H groups in total. The van der Waals surface area contributed by atoms with Gasteiger partial charge in [-0.1, -0.05) is 50.8 Å². The Labute approximate surface area is 171 Å². The number of carbonyl (C=O) groups excluding carboxylic acids is 4. The molecule has 0 saturated heterocycles. The van der Waals surface area contributed by atoms with Gasteiger partial charge in [-0.05, 0) is 37.8 Å². The maximum Gasteiger partial charge on any atom is 0.329 e. The van der Waals surface area contributed by atoms with E-state index in [0.29, 0.717) is 5.56 Å². The molecule has 7 heteroatoms. The molecule has 0 heterocycles. The second-order valence-corrected chi connectivity index (χ2v) is 7.92. The van der Waals surface area contributed by atoms with Gasteiger partial charge in [-0.15, -0.1) is 0 Å². The van der Waals surface area contributed by atoms with E-state index in [4.69, 9.17) is 4.74 Å². The summed E-state index contributed by atoms with van der Waals surface area (Å²) in [5.41, 5.74) is 1.37. The molecule has 158 valence electrons. The number of amides is 3. The fourth-order valence-corrected chi connectivity index (χ4v) is 3.38. The van der Waals surface area contributed by atoms with E-state index in [0.717, 1.165) is 37.7 Å². The number of rotatable bonds is 7. The fourth-order valence-electron chi connectivity index (χ4n) is 3.38. The third-order valence-electron chi connectivity index (χ3n) is 5.07. The minimum atomic E-state index is -0.898. The van der Waals surface area contributed by atoms with Crippen LogP contribution >= 0.6 is 0 Å². The first-order valence-electron chi connectivity index (χ1n) is 10.2. The molecule has 0 spiro atoms. The standard InChI is InChI=1S/C22H30N2O5/c1-14(2)19(24-21(27)17-11-7-8-15(3)12-17)22(28)29-13-18(25)23-20(26)16-9-5-4-6-10-16/h7-8,11-12,14,16,19H,4-6,9-10,13H2,1-3H3,(H,24,27)(H,23,25,26). The van der Waals surface area contributed by atoms with Crippen molar-refractivity contribution < 1.29 is 23.9 Å². The predicted molar refractivity (Wildman–Crippen MR) is 108 cm³/mol. The van der Waals surface area contributed by atoms with Crippen molar-refractivity contribution in [3.05, 3.63) is 35.4 Å². The van der Waals surface area contributed by atoms with Gasteiger partial charge in [0.25, 0.3) is 11.8 Å². The van der Waals surface area contributed by atoms with E-state index in [9.17, 15) is 19.2 Å². The van der Waals surface area contributed by atoms with Crippen LogP contribution in [0.4, 0.5) is 0 Å². The SMILES string of the molecule is Cc1cccc(C(=O)NC(C(=O)OCC(=O)NC(=O)C2CCCCC2)C(C)C)c1. The first kappa shape index (κ1) is 22.6. The molecule has 1 saturated carbocycles. The van der Waals surface area contributed by atoms with Crippen molar-refractivity contribution in [1.29, 1.82) is 0 Å². The smallest absolute Gasteiger partial charge is 0.329 e. The summed E-state index contributed by atoms with van der Waals surface area (Å²) < 4.78 is 5.06. The molecule has 0 aromatic heterocycles. The third kappa shape index (κ3) is 7.00. The molecule has 1 aliphatic rings. The predicted octanol–water partition coefficient (Wildman–Crippen LogP) is 2.52. The quantitative estimate of drug-likeness (QED) is 0.683. The number of benzene rings is 1. The molecule has 7 nitrogen and oxygen atoms in total. The summed E-state index contributed by atoms with van der Waals surface area (Å²) in [4.78, 5) is 48.9. The monoisotopic (exact) mass is 402 g/mol. The van der Waals surface area contributed by atoms with Gasteiger partial charge in [0, 0.05) is 11.5 Å². The second kappa shape index (κ2) is 10.7. The second-order valence-electron chi connectivity index (χ2n) is 7.92. The molecular formula is C22H30N2O5. The topological polar surface area (TPSA) is 102 Å². The maximum atomic E-state index is 12.4. The Morgan fingerprint density at radius 2 is 1.79 bits per heavy atom.